The second-order valence-corrected chi connectivity index (χ2v) is 6.13. The molecule has 0 saturated carbocycles. The quantitative estimate of drug-likeness (QED) is 0.278. The van der Waals surface area contributed by atoms with E-state index >= 15 is 0 Å². The number of aromatic nitrogens is 3. The van der Waals surface area contributed by atoms with Gasteiger partial charge in [-0.25, -0.2) is 4.98 Å². The van der Waals surface area contributed by atoms with Gasteiger partial charge < -0.3 is 10.4 Å². The standard InChI is InChI=1S/C18H24N4O.C5H8.C2H6/c1-5-8-10-19-17-11-15(14(9-6-2)16(23)7-3)21-18-13(4)12-20-22(17)18;1-3-5-4-2;1-2/h6-7,9,11-12,19,23H,3,5,8,10H2,1-2,4H3;3-5H,1H2,2H3;1-2H3/b9-6-,16-14-;5-4+;. The molecule has 0 aliphatic heterocycles. The Morgan fingerprint density at radius 3 is 2.43 bits per heavy atom. The molecule has 2 rings (SSSR count). The molecule has 0 aliphatic rings. The predicted molar refractivity (Wildman–Crippen MR) is 132 cm³/mol. The van der Waals surface area contributed by atoms with Gasteiger partial charge in [-0.05, 0) is 33.3 Å². The van der Waals surface area contributed by atoms with Crippen molar-refractivity contribution in [3.8, 4) is 0 Å². The lowest BCUT2D eigenvalue weighted by Crippen LogP contribution is -2.09. The Morgan fingerprint density at radius 1 is 1.23 bits per heavy atom. The highest BCUT2D eigenvalue weighted by Gasteiger charge is 2.13. The molecule has 2 aromatic rings. The van der Waals surface area contributed by atoms with Crippen molar-refractivity contribution in [3.63, 3.8) is 0 Å². The Kier molecular flexibility index (Phi) is 14.2. The number of unbranched alkanes of at least 4 members (excludes halogenated alkanes) is 1. The number of aliphatic hydroxyl groups excluding tert-OH is 1. The molecule has 30 heavy (non-hydrogen) atoms. The number of fused-ring (bicyclic) bond motifs is 1. The van der Waals surface area contributed by atoms with Gasteiger partial charge in [-0.15, -0.1) is 0 Å². The largest absolute Gasteiger partial charge is 0.507 e. The van der Waals surface area contributed by atoms with Crippen molar-refractivity contribution in [1.82, 2.24) is 14.6 Å². The summed E-state index contributed by atoms with van der Waals surface area (Å²) in [6.45, 7) is 20.0. The zero-order valence-electron chi connectivity index (χ0n) is 19.4. The number of aliphatic hydroxyl groups is 1. The summed E-state index contributed by atoms with van der Waals surface area (Å²) < 4.78 is 1.80. The normalized spacial score (nSPS) is 11.4. The van der Waals surface area contributed by atoms with Crippen molar-refractivity contribution in [3.05, 3.63) is 78.9 Å². The van der Waals surface area contributed by atoms with E-state index in [1.54, 1.807) is 16.8 Å². The first-order valence-electron chi connectivity index (χ1n) is 10.6. The summed E-state index contributed by atoms with van der Waals surface area (Å²) in [6.07, 6.45) is 14.7. The van der Waals surface area contributed by atoms with Crippen LogP contribution in [0.25, 0.3) is 11.2 Å². The molecule has 5 nitrogen and oxygen atoms in total. The minimum atomic E-state index is 0.108. The van der Waals surface area contributed by atoms with Crippen molar-refractivity contribution >= 4 is 17.0 Å². The predicted octanol–water partition coefficient (Wildman–Crippen LogP) is 7.06. The first-order valence-corrected chi connectivity index (χ1v) is 10.6. The molecule has 2 heterocycles. The van der Waals surface area contributed by atoms with E-state index in [0.29, 0.717) is 11.3 Å². The number of nitrogens with zero attached hydrogens (tertiary/aromatic N) is 3. The van der Waals surface area contributed by atoms with Crippen LogP contribution in [0.4, 0.5) is 5.82 Å². The van der Waals surface area contributed by atoms with E-state index in [4.69, 9.17) is 0 Å². The zero-order valence-corrected chi connectivity index (χ0v) is 19.4. The number of anilines is 1. The smallest absolute Gasteiger partial charge is 0.160 e. The maximum absolute atomic E-state index is 10.1. The monoisotopic (exact) mass is 410 g/mol. The minimum Gasteiger partial charge on any atom is -0.507 e. The molecular weight excluding hydrogens is 372 g/mol. The van der Waals surface area contributed by atoms with Crippen LogP contribution in [-0.2, 0) is 0 Å². The van der Waals surface area contributed by atoms with Crippen molar-refractivity contribution in [2.24, 2.45) is 0 Å². The lowest BCUT2D eigenvalue weighted by atomic mass is 10.1. The molecule has 0 bridgehead atoms. The van der Waals surface area contributed by atoms with Crippen LogP contribution in [-0.4, -0.2) is 26.2 Å². The van der Waals surface area contributed by atoms with Crippen molar-refractivity contribution in [2.75, 3.05) is 11.9 Å². The van der Waals surface area contributed by atoms with Gasteiger partial charge in [0.15, 0.2) is 5.65 Å². The third-order valence-electron chi connectivity index (χ3n) is 3.89. The highest BCUT2D eigenvalue weighted by Crippen LogP contribution is 2.24. The van der Waals surface area contributed by atoms with Crippen LogP contribution in [0.1, 0.15) is 58.7 Å². The van der Waals surface area contributed by atoms with Crippen LogP contribution >= 0.6 is 0 Å². The topological polar surface area (TPSA) is 62.5 Å². The van der Waals surface area contributed by atoms with Gasteiger partial charge >= 0.3 is 0 Å². The van der Waals surface area contributed by atoms with Crippen molar-refractivity contribution < 1.29 is 5.11 Å². The van der Waals surface area contributed by atoms with Crippen LogP contribution in [0.3, 0.4) is 0 Å². The Morgan fingerprint density at radius 2 is 1.93 bits per heavy atom. The molecule has 164 valence electrons. The highest BCUT2D eigenvalue weighted by molar-refractivity contribution is 5.77. The first-order chi connectivity index (χ1) is 14.5. The van der Waals surface area contributed by atoms with E-state index in [-0.39, 0.29) is 5.76 Å². The SMILES string of the molecule is C=C/C(O)=C(\C=C/C)c1cc(NCCCC)n2ncc(C)c2n1.C=C/C=C/C.CC. The molecular formula is C25H38N4O. The number of rotatable bonds is 8. The number of hydrogen-bond acceptors (Lipinski definition) is 4. The maximum atomic E-state index is 10.1. The fraction of sp³-hybridized carbons (Fsp3) is 0.360. The van der Waals surface area contributed by atoms with Crippen molar-refractivity contribution in [2.45, 2.75) is 54.4 Å². The minimum absolute atomic E-state index is 0.108. The average molecular weight is 411 g/mol. The lowest BCUT2D eigenvalue weighted by molar-refractivity contribution is 0.436. The molecule has 0 radical (unpaired) electrons. The van der Waals surface area contributed by atoms with Gasteiger partial charge in [0.25, 0.3) is 0 Å². The van der Waals surface area contributed by atoms with Crippen molar-refractivity contribution in [1.29, 1.82) is 0 Å². The van der Waals surface area contributed by atoms with E-state index in [0.717, 1.165) is 36.4 Å². The molecule has 0 fully saturated rings. The third kappa shape index (κ3) is 8.11. The Bertz CT molecular complexity index is 873. The maximum Gasteiger partial charge on any atom is 0.160 e. The van der Waals surface area contributed by atoms with E-state index in [1.807, 2.05) is 65.0 Å². The summed E-state index contributed by atoms with van der Waals surface area (Å²) >= 11 is 0. The van der Waals surface area contributed by atoms with Crippen LogP contribution in [0.2, 0.25) is 0 Å². The summed E-state index contributed by atoms with van der Waals surface area (Å²) in [7, 11) is 0. The van der Waals surface area contributed by atoms with E-state index < -0.39 is 0 Å². The average Bonchev–Trinajstić information content (AvgIpc) is 3.15. The summed E-state index contributed by atoms with van der Waals surface area (Å²) in [6, 6.07) is 1.91. The molecule has 0 saturated heterocycles. The Balaban J connectivity index is 0.00000105. The molecule has 5 heteroatoms. The molecule has 2 N–H and O–H groups in total. The Labute approximate surface area is 182 Å². The van der Waals surface area contributed by atoms with Crippen LogP contribution in [0.5, 0.6) is 0 Å². The number of hydrogen-bond donors (Lipinski definition) is 2. The van der Waals surface area contributed by atoms with Gasteiger partial charge in [0, 0.05) is 23.7 Å². The summed E-state index contributed by atoms with van der Waals surface area (Å²) in [4.78, 5) is 4.66. The van der Waals surface area contributed by atoms with Gasteiger partial charge in [0.2, 0.25) is 0 Å². The van der Waals surface area contributed by atoms with Gasteiger partial charge in [-0.1, -0.05) is 70.7 Å². The number of allylic oxidation sites excluding steroid dienone is 7. The van der Waals surface area contributed by atoms with Gasteiger partial charge in [-0.2, -0.15) is 9.61 Å². The first kappa shape index (κ1) is 26.9. The molecule has 0 unspecified atom stereocenters. The van der Waals surface area contributed by atoms with E-state index in [1.165, 1.54) is 6.08 Å². The van der Waals surface area contributed by atoms with Gasteiger partial charge in [-0.3, -0.25) is 0 Å². The molecule has 0 spiro atoms. The zero-order chi connectivity index (χ0) is 22.9. The summed E-state index contributed by atoms with van der Waals surface area (Å²) in [5.41, 5.74) is 3.10. The fourth-order valence-electron chi connectivity index (χ4n) is 2.44. The number of nitrogens with one attached hydrogen (secondary N) is 1. The lowest BCUT2D eigenvalue weighted by Gasteiger charge is -2.11. The number of aryl methyl sites for hydroxylation is 1. The summed E-state index contributed by atoms with van der Waals surface area (Å²) in [5.74, 6) is 0.974. The van der Waals surface area contributed by atoms with Crippen LogP contribution in [0.15, 0.2) is 67.6 Å². The Hall–Kier alpha value is -3.08. The molecule has 0 atom stereocenters. The molecule has 0 aromatic carbocycles. The molecule has 0 aliphatic carbocycles. The molecule has 2 aromatic heterocycles. The third-order valence-corrected chi connectivity index (χ3v) is 3.89. The second-order valence-electron chi connectivity index (χ2n) is 6.13. The molecule has 0 amide bonds. The second kappa shape index (κ2) is 15.8. The summed E-state index contributed by atoms with van der Waals surface area (Å²) in [5, 5.41) is 17.9. The van der Waals surface area contributed by atoms with Crippen LogP contribution in [0, 0.1) is 6.92 Å². The highest BCUT2D eigenvalue weighted by atomic mass is 16.3. The van der Waals surface area contributed by atoms with E-state index in [2.05, 4.69) is 35.5 Å². The van der Waals surface area contributed by atoms with Crippen LogP contribution < -0.4 is 5.32 Å². The fourth-order valence-corrected chi connectivity index (χ4v) is 2.44. The van der Waals surface area contributed by atoms with Gasteiger partial charge in [0.1, 0.15) is 11.6 Å². The van der Waals surface area contributed by atoms with Gasteiger partial charge in [0.05, 0.1) is 11.9 Å². The van der Waals surface area contributed by atoms with E-state index in [9.17, 15) is 5.11 Å².